The van der Waals surface area contributed by atoms with Crippen molar-refractivity contribution in [3.05, 3.63) is 6.92 Å². The molecule has 0 aromatic carbocycles. The summed E-state index contributed by atoms with van der Waals surface area (Å²) >= 11 is 0. The summed E-state index contributed by atoms with van der Waals surface area (Å²) in [4.78, 5) is 0. The van der Waals surface area contributed by atoms with Crippen molar-refractivity contribution in [3.63, 3.8) is 0 Å². The van der Waals surface area contributed by atoms with Gasteiger partial charge in [0.2, 0.25) is 0 Å². The third kappa shape index (κ3) is 5.63. The molecule has 0 spiro atoms. The molecule has 0 bridgehead atoms. The Labute approximate surface area is 97.1 Å². The fraction of sp³-hybridized carbons (Fsp3) is 0.727. The SMILES string of the molecule is [CH2-]CCC#C[Si](CC)(CC)CC.[Li+]. The molecule has 0 aliphatic rings. The molecule has 0 nitrogen and oxygen atoms in total. The van der Waals surface area contributed by atoms with E-state index in [-0.39, 0.29) is 18.9 Å². The molecule has 0 saturated carbocycles. The maximum absolute atomic E-state index is 3.80. The summed E-state index contributed by atoms with van der Waals surface area (Å²) in [6.07, 6.45) is 1.93. The quantitative estimate of drug-likeness (QED) is 0.345. The van der Waals surface area contributed by atoms with Gasteiger partial charge in [0, 0.05) is 0 Å². The zero-order valence-corrected chi connectivity index (χ0v) is 10.7. The van der Waals surface area contributed by atoms with Crippen LogP contribution in [0.3, 0.4) is 0 Å². The Kier molecular flexibility index (Phi) is 10.9. The van der Waals surface area contributed by atoms with Gasteiger partial charge in [0.15, 0.2) is 0 Å². The minimum absolute atomic E-state index is 0. The number of rotatable bonds is 4. The second-order valence-electron chi connectivity index (χ2n) is 3.25. The second-order valence-corrected chi connectivity index (χ2v) is 8.18. The van der Waals surface area contributed by atoms with Crippen molar-refractivity contribution in [2.75, 3.05) is 0 Å². The molecule has 0 atom stereocenters. The van der Waals surface area contributed by atoms with Crippen LogP contribution in [0.25, 0.3) is 0 Å². The van der Waals surface area contributed by atoms with E-state index in [9.17, 15) is 0 Å². The van der Waals surface area contributed by atoms with Crippen molar-refractivity contribution in [1.82, 2.24) is 0 Å². The molecule has 0 N–H and O–H groups in total. The van der Waals surface area contributed by atoms with Crippen LogP contribution in [0.4, 0.5) is 0 Å². The van der Waals surface area contributed by atoms with Crippen LogP contribution in [0.1, 0.15) is 33.6 Å². The first-order chi connectivity index (χ1) is 5.74. The van der Waals surface area contributed by atoms with Crippen LogP contribution in [0.5, 0.6) is 0 Å². The smallest absolute Gasteiger partial charge is 0.342 e. The fourth-order valence-corrected chi connectivity index (χ4v) is 3.88. The molecule has 2 heteroatoms. The van der Waals surface area contributed by atoms with Gasteiger partial charge in [-0.05, 0) is 24.6 Å². The summed E-state index contributed by atoms with van der Waals surface area (Å²) in [5, 5.41) is 0. The van der Waals surface area contributed by atoms with Crippen LogP contribution < -0.4 is 18.9 Å². The average molecular weight is 188 g/mol. The van der Waals surface area contributed by atoms with Crippen LogP contribution in [0.2, 0.25) is 18.1 Å². The Morgan fingerprint density at radius 3 is 1.85 bits per heavy atom. The van der Waals surface area contributed by atoms with E-state index >= 15 is 0 Å². The third-order valence-electron chi connectivity index (χ3n) is 2.69. The standard InChI is InChI=1S/C11H21Si.Li/c1-5-9-10-11-12(6-2,7-3)8-4;/h1,5-9H2,2-4H3;/q-1;+1. The van der Waals surface area contributed by atoms with Crippen LogP contribution in [-0.2, 0) is 0 Å². The van der Waals surface area contributed by atoms with Gasteiger partial charge in [-0.15, -0.1) is 11.5 Å². The summed E-state index contributed by atoms with van der Waals surface area (Å²) in [6.45, 7) is 10.7. The van der Waals surface area contributed by atoms with E-state index in [0.717, 1.165) is 12.8 Å². The van der Waals surface area contributed by atoms with E-state index in [1.165, 1.54) is 18.1 Å². The Bertz CT molecular complexity index is 154. The van der Waals surface area contributed by atoms with Gasteiger partial charge in [-0.3, -0.25) is 0 Å². The van der Waals surface area contributed by atoms with Crippen molar-refractivity contribution in [2.45, 2.75) is 51.7 Å². The van der Waals surface area contributed by atoms with Gasteiger partial charge in [-0.2, -0.15) is 6.42 Å². The third-order valence-corrected chi connectivity index (χ3v) is 7.45. The molecule has 0 rings (SSSR count). The summed E-state index contributed by atoms with van der Waals surface area (Å²) in [5.41, 5.74) is 3.53. The van der Waals surface area contributed by atoms with Crippen molar-refractivity contribution in [1.29, 1.82) is 0 Å². The van der Waals surface area contributed by atoms with Crippen LogP contribution in [0, 0.1) is 18.4 Å². The molecule has 0 aromatic heterocycles. The number of hydrogen-bond acceptors (Lipinski definition) is 0. The van der Waals surface area contributed by atoms with Crippen molar-refractivity contribution in [3.8, 4) is 11.5 Å². The van der Waals surface area contributed by atoms with Gasteiger partial charge in [-0.25, -0.2) is 0 Å². The zero-order chi connectivity index (χ0) is 9.45. The van der Waals surface area contributed by atoms with Crippen molar-refractivity contribution >= 4 is 8.07 Å². The predicted octanol–water partition coefficient (Wildman–Crippen LogP) is 0.656. The first-order valence-corrected chi connectivity index (χ1v) is 7.66. The van der Waals surface area contributed by atoms with E-state index in [4.69, 9.17) is 0 Å². The summed E-state index contributed by atoms with van der Waals surface area (Å²) in [5.74, 6) is 3.28. The minimum Gasteiger partial charge on any atom is -0.342 e. The molecule has 0 heterocycles. The Morgan fingerprint density at radius 1 is 1.08 bits per heavy atom. The van der Waals surface area contributed by atoms with E-state index in [0.29, 0.717) is 0 Å². The van der Waals surface area contributed by atoms with E-state index in [1.807, 2.05) is 0 Å². The normalized spacial score (nSPS) is 9.85. The van der Waals surface area contributed by atoms with Gasteiger partial charge in [0.25, 0.3) is 0 Å². The molecule has 0 aliphatic carbocycles. The molecular formula is C11H21LiSi. The van der Waals surface area contributed by atoms with Gasteiger partial charge in [-0.1, -0.05) is 20.8 Å². The second kappa shape index (κ2) is 8.95. The predicted molar refractivity (Wildman–Crippen MR) is 59.6 cm³/mol. The Hall–Kier alpha value is 0.374. The largest absolute Gasteiger partial charge is 1.00 e. The van der Waals surface area contributed by atoms with Gasteiger partial charge in [0.05, 0.1) is 0 Å². The molecule has 0 unspecified atom stereocenters. The van der Waals surface area contributed by atoms with Crippen LogP contribution >= 0.6 is 0 Å². The Morgan fingerprint density at radius 2 is 1.54 bits per heavy atom. The molecular weight excluding hydrogens is 167 g/mol. The summed E-state index contributed by atoms with van der Waals surface area (Å²) in [6, 6.07) is 3.93. The van der Waals surface area contributed by atoms with E-state index < -0.39 is 8.07 Å². The molecule has 0 saturated heterocycles. The summed E-state index contributed by atoms with van der Waals surface area (Å²) in [7, 11) is -1.14. The Balaban J connectivity index is 0. The van der Waals surface area contributed by atoms with Gasteiger partial charge < -0.3 is 6.92 Å². The molecule has 0 amide bonds. The van der Waals surface area contributed by atoms with E-state index in [2.05, 4.69) is 39.2 Å². The molecule has 0 fully saturated rings. The molecule has 70 valence electrons. The first-order valence-electron chi connectivity index (χ1n) is 5.04. The maximum Gasteiger partial charge on any atom is 1.00 e. The van der Waals surface area contributed by atoms with Crippen molar-refractivity contribution in [2.24, 2.45) is 0 Å². The monoisotopic (exact) mass is 188 g/mol. The topological polar surface area (TPSA) is 0 Å². The van der Waals surface area contributed by atoms with Gasteiger partial charge in [0.1, 0.15) is 8.07 Å². The summed E-state index contributed by atoms with van der Waals surface area (Å²) < 4.78 is 0. The molecule has 0 aromatic rings. The molecule has 0 aliphatic heterocycles. The van der Waals surface area contributed by atoms with Gasteiger partial charge >= 0.3 is 18.9 Å². The van der Waals surface area contributed by atoms with Crippen LogP contribution in [-0.4, -0.2) is 8.07 Å². The molecule has 13 heavy (non-hydrogen) atoms. The fourth-order valence-electron chi connectivity index (χ4n) is 1.35. The van der Waals surface area contributed by atoms with Crippen LogP contribution in [0.15, 0.2) is 0 Å². The van der Waals surface area contributed by atoms with Crippen molar-refractivity contribution < 1.29 is 18.9 Å². The maximum atomic E-state index is 3.80. The number of unbranched alkanes of at least 4 members (excludes halogenated alkanes) is 1. The zero-order valence-electron chi connectivity index (χ0n) is 9.74. The van der Waals surface area contributed by atoms with E-state index in [1.54, 1.807) is 0 Å². The average Bonchev–Trinajstić information content (AvgIpc) is 2.14. The molecule has 0 radical (unpaired) electrons. The first kappa shape index (κ1) is 15.8. The number of hydrogen-bond donors (Lipinski definition) is 0. The minimum atomic E-state index is -1.14.